The molecule has 2 N–H and O–H groups in total. The second-order valence-electron chi connectivity index (χ2n) is 3.71. The number of rotatable bonds is 2. The normalized spacial score (nSPS) is 11.1. The maximum atomic E-state index is 5.82. The Hall–Kier alpha value is -2.29. The van der Waals surface area contributed by atoms with Gasteiger partial charge in [-0.15, -0.1) is 5.10 Å². The molecule has 96 valence electrons. The van der Waals surface area contributed by atoms with Gasteiger partial charge in [-0.05, 0) is 13.2 Å². The third kappa shape index (κ3) is 1.97. The van der Waals surface area contributed by atoms with Gasteiger partial charge in [0, 0.05) is 12.4 Å². The lowest BCUT2D eigenvalue weighted by Gasteiger charge is -1.98. The van der Waals surface area contributed by atoms with Crippen LogP contribution in [-0.2, 0) is 0 Å². The molecule has 8 nitrogen and oxygen atoms in total. The molecule has 3 aromatic heterocycles. The first kappa shape index (κ1) is 11.8. The van der Waals surface area contributed by atoms with Crippen LogP contribution in [-0.4, -0.2) is 40.8 Å². The molecule has 3 rings (SSSR count). The van der Waals surface area contributed by atoms with Crippen LogP contribution in [0.25, 0.3) is 17.3 Å². The zero-order chi connectivity index (χ0) is 13.4. The van der Waals surface area contributed by atoms with Crippen LogP contribution in [0.1, 0.15) is 5.69 Å². The first-order chi connectivity index (χ1) is 9.19. The SMILES string of the molecule is CSc1nc(N)n2nc(-c3nccnc3C)nc2n1. The number of nitrogens with two attached hydrogens (primary N) is 1. The molecule has 0 aromatic carbocycles. The van der Waals surface area contributed by atoms with Crippen molar-refractivity contribution in [3.63, 3.8) is 0 Å². The Labute approximate surface area is 112 Å². The molecule has 0 spiro atoms. The van der Waals surface area contributed by atoms with E-state index in [1.54, 1.807) is 12.4 Å². The van der Waals surface area contributed by atoms with Gasteiger partial charge in [0.05, 0.1) is 5.69 Å². The molecule has 19 heavy (non-hydrogen) atoms. The predicted molar refractivity (Wildman–Crippen MR) is 70.5 cm³/mol. The van der Waals surface area contributed by atoms with Gasteiger partial charge < -0.3 is 5.73 Å². The van der Waals surface area contributed by atoms with E-state index in [0.29, 0.717) is 22.5 Å². The highest BCUT2D eigenvalue weighted by molar-refractivity contribution is 7.98. The van der Waals surface area contributed by atoms with Gasteiger partial charge in [-0.25, -0.2) is 4.98 Å². The molecule has 0 unspecified atom stereocenters. The summed E-state index contributed by atoms with van der Waals surface area (Å²) in [5.41, 5.74) is 7.18. The minimum absolute atomic E-state index is 0.245. The summed E-state index contributed by atoms with van der Waals surface area (Å²) in [5.74, 6) is 1.08. The maximum absolute atomic E-state index is 5.82. The first-order valence-electron chi connectivity index (χ1n) is 5.41. The molecule has 0 aliphatic carbocycles. The van der Waals surface area contributed by atoms with E-state index in [1.807, 2.05) is 13.2 Å². The predicted octanol–water partition coefficient (Wildman–Crippen LogP) is 0.589. The Morgan fingerprint density at radius 1 is 1.16 bits per heavy atom. The summed E-state index contributed by atoms with van der Waals surface area (Å²) in [6, 6.07) is 0. The number of anilines is 1. The van der Waals surface area contributed by atoms with Crippen molar-refractivity contribution in [1.82, 2.24) is 34.5 Å². The average molecular weight is 274 g/mol. The number of nitrogens with zero attached hydrogens (tertiary/aromatic N) is 7. The molecule has 0 amide bonds. The maximum Gasteiger partial charge on any atom is 0.258 e. The highest BCUT2D eigenvalue weighted by atomic mass is 32.2. The van der Waals surface area contributed by atoms with Crippen molar-refractivity contribution in [2.24, 2.45) is 0 Å². The van der Waals surface area contributed by atoms with Crippen molar-refractivity contribution in [3.05, 3.63) is 18.1 Å². The van der Waals surface area contributed by atoms with Crippen molar-refractivity contribution in [3.8, 4) is 11.5 Å². The fourth-order valence-corrected chi connectivity index (χ4v) is 1.96. The zero-order valence-electron chi connectivity index (χ0n) is 10.3. The first-order valence-corrected chi connectivity index (χ1v) is 6.64. The highest BCUT2D eigenvalue weighted by Crippen LogP contribution is 2.18. The lowest BCUT2D eigenvalue weighted by Crippen LogP contribution is -2.04. The van der Waals surface area contributed by atoms with Crippen molar-refractivity contribution in [1.29, 1.82) is 0 Å². The highest BCUT2D eigenvalue weighted by Gasteiger charge is 2.14. The zero-order valence-corrected chi connectivity index (χ0v) is 11.1. The van der Waals surface area contributed by atoms with E-state index < -0.39 is 0 Å². The van der Waals surface area contributed by atoms with E-state index in [4.69, 9.17) is 5.73 Å². The van der Waals surface area contributed by atoms with E-state index in [1.165, 1.54) is 16.3 Å². The second-order valence-corrected chi connectivity index (χ2v) is 4.48. The van der Waals surface area contributed by atoms with Crippen LogP contribution < -0.4 is 5.73 Å². The molecule has 0 saturated heterocycles. The van der Waals surface area contributed by atoms with Crippen LogP contribution in [0, 0.1) is 6.92 Å². The summed E-state index contributed by atoms with van der Waals surface area (Å²) in [7, 11) is 0. The topological polar surface area (TPSA) is 108 Å². The van der Waals surface area contributed by atoms with Gasteiger partial charge in [0.2, 0.25) is 11.8 Å². The number of hydrogen-bond donors (Lipinski definition) is 1. The molecule has 0 fully saturated rings. The monoisotopic (exact) mass is 274 g/mol. The summed E-state index contributed by atoms with van der Waals surface area (Å²) in [6.07, 6.45) is 5.08. The van der Waals surface area contributed by atoms with Crippen LogP contribution in [0.15, 0.2) is 17.6 Å². The summed E-state index contributed by atoms with van der Waals surface area (Å²) in [5, 5.41) is 4.82. The number of aryl methyl sites for hydroxylation is 1. The smallest absolute Gasteiger partial charge is 0.258 e. The molecule has 0 saturated carbocycles. The van der Waals surface area contributed by atoms with Gasteiger partial charge in [-0.3, -0.25) is 4.98 Å². The van der Waals surface area contributed by atoms with Gasteiger partial charge in [0.1, 0.15) is 5.69 Å². The molecule has 0 radical (unpaired) electrons. The van der Waals surface area contributed by atoms with Crippen molar-refractivity contribution in [2.75, 3.05) is 12.0 Å². The lowest BCUT2D eigenvalue weighted by atomic mass is 10.3. The Morgan fingerprint density at radius 2 is 1.95 bits per heavy atom. The Balaban J connectivity index is 2.22. The molecule has 0 atom stereocenters. The fourth-order valence-electron chi connectivity index (χ4n) is 1.60. The number of aromatic nitrogens is 7. The quantitative estimate of drug-likeness (QED) is 0.676. The molecular weight excluding hydrogens is 264 g/mol. The second kappa shape index (κ2) is 4.43. The molecule has 0 bridgehead atoms. The molecule has 0 aliphatic heterocycles. The van der Waals surface area contributed by atoms with Crippen molar-refractivity contribution < 1.29 is 0 Å². The van der Waals surface area contributed by atoms with E-state index >= 15 is 0 Å². The van der Waals surface area contributed by atoms with Crippen LogP contribution >= 0.6 is 11.8 Å². The van der Waals surface area contributed by atoms with Crippen molar-refractivity contribution in [2.45, 2.75) is 12.1 Å². The Morgan fingerprint density at radius 3 is 2.68 bits per heavy atom. The third-order valence-corrected chi connectivity index (χ3v) is 3.04. The van der Waals surface area contributed by atoms with Gasteiger partial charge in [0.15, 0.2) is 5.16 Å². The van der Waals surface area contributed by atoms with Crippen molar-refractivity contribution >= 4 is 23.5 Å². The average Bonchev–Trinajstić information content (AvgIpc) is 2.83. The van der Waals surface area contributed by atoms with Gasteiger partial charge in [0.25, 0.3) is 5.78 Å². The standard InChI is InChI=1S/C10H10N8S/c1-5-6(13-4-3-12-5)7-14-9-16-10(19-2)15-8(11)18(9)17-7/h3-4H,1-2H3,(H2,11,14,15,16,17). The van der Waals surface area contributed by atoms with E-state index in [2.05, 4.69) is 30.0 Å². The Kier molecular flexibility index (Phi) is 2.75. The molecule has 3 aromatic rings. The lowest BCUT2D eigenvalue weighted by molar-refractivity contribution is 0.850. The number of thioether (sulfide) groups is 1. The summed E-state index contributed by atoms with van der Waals surface area (Å²) >= 11 is 1.39. The summed E-state index contributed by atoms with van der Waals surface area (Å²) in [6.45, 7) is 1.84. The van der Waals surface area contributed by atoms with Gasteiger partial charge in [-0.1, -0.05) is 11.8 Å². The minimum atomic E-state index is 0.245. The number of nitrogen functional groups attached to an aromatic ring is 1. The number of fused-ring (bicyclic) bond motifs is 1. The summed E-state index contributed by atoms with van der Waals surface area (Å²) < 4.78 is 1.39. The largest absolute Gasteiger partial charge is 0.368 e. The van der Waals surface area contributed by atoms with Crippen LogP contribution in [0.5, 0.6) is 0 Å². The molecular formula is C10H10N8S. The number of hydrogen-bond acceptors (Lipinski definition) is 8. The van der Waals surface area contributed by atoms with Crippen LogP contribution in [0.3, 0.4) is 0 Å². The summed E-state index contributed by atoms with van der Waals surface area (Å²) in [4.78, 5) is 21.0. The van der Waals surface area contributed by atoms with E-state index in [-0.39, 0.29) is 5.95 Å². The van der Waals surface area contributed by atoms with Gasteiger partial charge >= 0.3 is 0 Å². The molecule has 3 heterocycles. The molecule has 9 heteroatoms. The van der Waals surface area contributed by atoms with Crippen LogP contribution in [0.4, 0.5) is 5.95 Å². The van der Waals surface area contributed by atoms with Crippen LogP contribution in [0.2, 0.25) is 0 Å². The fraction of sp³-hybridized carbons (Fsp3) is 0.200. The Bertz CT molecular complexity index is 752. The molecule has 0 aliphatic rings. The van der Waals surface area contributed by atoms with E-state index in [9.17, 15) is 0 Å². The minimum Gasteiger partial charge on any atom is -0.368 e. The van der Waals surface area contributed by atoms with E-state index in [0.717, 1.165) is 5.69 Å². The third-order valence-electron chi connectivity index (χ3n) is 2.49. The van der Waals surface area contributed by atoms with Gasteiger partial charge in [-0.2, -0.15) is 19.5 Å².